The molecule has 2 rings (SSSR count). The quantitative estimate of drug-likeness (QED) is 0.847. The Morgan fingerprint density at radius 2 is 2.00 bits per heavy atom. The van der Waals surface area contributed by atoms with E-state index in [1.807, 2.05) is 6.07 Å². The molecule has 0 heterocycles. The van der Waals surface area contributed by atoms with Crippen LogP contribution in [0.2, 0.25) is 0 Å². The molecule has 1 saturated carbocycles. The van der Waals surface area contributed by atoms with Crippen LogP contribution in [0, 0.1) is 11.7 Å². The molecule has 0 saturated heterocycles. The molecule has 1 aromatic carbocycles. The summed E-state index contributed by atoms with van der Waals surface area (Å²) in [6.07, 6.45) is 2.64. The molecular formula is C17H27FN2. The van der Waals surface area contributed by atoms with Crippen LogP contribution in [0.5, 0.6) is 0 Å². The van der Waals surface area contributed by atoms with Crippen molar-refractivity contribution in [2.45, 2.75) is 52.6 Å². The number of anilines is 1. The molecule has 0 aliphatic heterocycles. The maximum Gasteiger partial charge on any atom is 0.129 e. The van der Waals surface area contributed by atoms with E-state index in [2.05, 4.69) is 44.0 Å². The molecule has 1 fully saturated rings. The number of nitrogens with zero attached hydrogens (tertiary/aromatic N) is 1. The fraction of sp³-hybridized carbons (Fsp3) is 0.647. The van der Waals surface area contributed by atoms with Crippen molar-refractivity contribution < 1.29 is 4.39 Å². The number of nitrogens with one attached hydrogen (secondary N) is 1. The van der Waals surface area contributed by atoms with Crippen molar-refractivity contribution in [3.05, 3.63) is 29.6 Å². The van der Waals surface area contributed by atoms with Gasteiger partial charge in [-0.25, -0.2) is 4.39 Å². The third-order valence-corrected chi connectivity index (χ3v) is 3.79. The molecule has 0 aromatic heterocycles. The Balaban J connectivity index is 2.19. The third kappa shape index (κ3) is 4.20. The molecule has 0 spiro atoms. The van der Waals surface area contributed by atoms with Gasteiger partial charge in [-0.15, -0.1) is 0 Å². The van der Waals surface area contributed by atoms with Crippen LogP contribution < -0.4 is 10.2 Å². The van der Waals surface area contributed by atoms with Crippen molar-refractivity contribution in [2.24, 2.45) is 5.92 Å². The van der Waals surface area contributed by atoms with Crippen molar-refractivity contribution in [1.29, 1.82) is 0 Å². The van der Waals surface area contributed by atoms with Crippen LogP contribution in [0.4, 0.5) is 10.1 Å². The van der Waals surface area contributed by atoms with Crippen molar-refractivity contribution in [3.63, 3.8) is 0 Å². The SMILES string of the molecule is CCN(CC1CC1)c1cccc(F)c1CNC(C)(C)C. The average molecular weight is 278 g/mol. The first-order chi connectivity index (χ1) is 9.40. The van der Waals surface area contributed by atoms with Gasteiger partial charge in [-0.3, -0.25) is 0 Å². The first-order valence-corrected chi connectivity index (χ1v) is 7.68. The monoisotopic (exact) mass is 278 g/mol. The number of hydrogen-bond acceptors (Lipinski definition) is 2. The largest absolute Gasteiger partial charge is 0.371 e. The Morgan fingerprint density at radius 3 is 2.55 bits per heavy atom. The number of hydrogen-bond donors (Lipinski definition) is 1. The standard InChI is InChI=1S/C17H27FN2/c1-5-20(12-13-9-10-13)16-8-6-7-15(18)14(16)11-19-17(2,3)4/h6-8,13,19H,5,9-12H2,1-4H3. The van der Waals surface area contributed by atoms with Gasteiger partial charge >= 0.3 is 0 Å². The topological polar surface area (TPSA) is 15.3 Å². The van der Waals surface area contributed by atoms with Gasteiger partial charge in [-0.1, -0.05) is 6.07 Å². The summed E-state index contributed by atoms with van der Waals surface area (Å²) >= 11 is 0. The summed E-state index contributed by atoms with van der Waals surface area (Å²) in [7, 11) is 0. The van der Waals surface area contributed by atoms with Gasteiger partial charge in [-0.05, 0) is 58.6 Å². The second-order valence-electron chi connectivity index (χ2n) is 6.82. The highest BCUT2D eigenvalue weighted by Crippen LogP contribution is 2.33. The second kappa shape index (κ2) is 6.13. The van der Waals surface area contributed by atoms with E-state index in [4.69, 9.17) is 0 Å². The van der Waals surface area contributed by atoms with E-state index in [9.17, 15) is 4.39 Å². The van der Waals surface area contributed by atoms with E-state index < -0.39 is 0 Å². The van der Waals surface area contributed by atoms with Crippen molar-refractivity contribution >= 4 is 5.69 Å². The van der Waals surface area contributed by atoms with Gasteiger partial charge in [0, 0.05) is 36.4 Å². The summed E-state index contributed by atoms with van der Waals surface area (Å²) in [5, 5.41) is 3.40. The fourth-order valence-corrected chi connectivity index (χ4v) is 2.38. The van der Waals surface area contributed by atoms with Crippen LogP contribution in [-0.4, -0.2) is 18.6 Å². The molecule has 20 heavy (non-hydrogen) atoms. The Kier molecular flexibility index (Phi) is 4.69. The summed E-state index contributed by atoms with van der Waals surface area (Å²) in [6.45, 7) is 11.0. The smallest absolute Gasteiger partial charge is 0.129 e. The van der Waals surface area contributed by atoms with E-state index in [1.54, 1.807) is 6.07 Å². The van der Waals surface area contributed by atoms with Gasteiger partial charge in [-0.2, -0.15) is 0 Å². The molecule has 0 unspecified atom stereocenters. The minimum Gasteiger partial charge on any atom is -0.371 e. The zero-order chi connectivity index (χ0) is 14.8. The third-order valence-electron chi connectivity index (χ3n) is 3.79. The lowest BCUT2D eigenvalue weighted by Crippen LogP contribution is -2.36. The van der Waals surface area contributed by atoms with E-state index in [0.717, 1.165) is 30.3 Å². The minimum absolute atomic E-state index is 0.00686. The van der Waals surface area contributed by atoms with Crippen LogP contribution >= 0.6 is 0 Å². The van der Waals surface area contributed by atoms with Crippen LogP contribution in [0.25, 0.3) is 0 Å². The van der Waals surface area contributed by atoms with E-state index >= 15 is 0 Å². The van der Waals surface area contributed by atoms with Gasteiger partial charge < -0.3 is 10.2 Å². The van der Waals surface area contributed by atoms with E-state index in [-0.39, 0.29) is 11.4 Å². The summed E-state index contributed by atoms with van der Waals surface area (Å²) in [5.41, 5.74) is 1.84. The van der Waals surface area contributed by atoms with Crippen molar-refractivity contribution in [1.82, 2.24) is 5.32 Å². The van der Waals surface area contributed by atoms with Gasteiger partial charge in [0.05, 0.1) is 0 Å². The van der Waals surface area contributed by atoms with Crippen LogP contribution in [0.1, 0.15) is 46.1 Å². The van der Waals surface area contributed by atoms with Crippen LogP contribution in [-0.2, 0) is 6.54 Å². The lowest BCUT2D eigenvalue weighted by molar-refractivity contribution is 0.418. The summed E-state index contributed by atoms with van der Waals surface area (Å²) in [6, 6.07) is 5.43. The summed E-state index contributed by atoms with van der Waals surface area (Å²) < 4.78 is 14.2. The molecule has 112 valence electrons. The number of benzene rings is 1. The Morgan fingerprint density at radius 1 is 1.30 bits per heavy atom. The predicted molar refractivity (Wildman–Crippen MR) is 83.6 cm³/mol. The molecule has 2 nitrogen and oxygen atoms in total. The van der Waals surface area contributed by atoms with E-state index in [0.29, 0.717) is 6.54 Å². The maximum absolute atomic E-state index is 14.2. The molecule has 0 radical (unpaired) electrons. The molecule has 1 aliphatic carbocycles. The predicted octanol–water partition coefficient (Wildman–Crippen LogP) is 3.95. The zero-order valence-corrected chi connectivity index (χ0v) is 13.2. The van der Waals surface area contributed by atoms with Gasteiger partial charge in [0.25, 0.3) is 0 Å². The normalized spacial score (nSPS) is 15.4. The Labute approximate surface area is 122 Å². The highest BCUT2D eigenvalue weighted by Gasteiger charge is 2.25. The average Bonchev–Trinajstić information content (AvgIpc) is 3.17. The molecule has 1 aromatic rings. The first-order valence-electron chi connectivity index (χ1n) is 7.68. The van der Waals surface area contributed by atoms with Gasteiger partial charge in [0.1, 0.15) is 5.82 Å². The lowest BCUT2D eigenvalue weighted by Gasteiger charge is -2.28. The minimum atomic E-state index is -0.103. The lowest BCUT2D eigenvalue weighted by atomic mass is 10.1. The zero-order valence-electron chi connectivity index (χ0n) is 13.2. The highest BCUT2D eigenvalue weighted by atomic mass is 19.1. The maximum atomic E-state index is 14.2. The fourth-order valence-electron chi connectivity index (χ4n) is 2.38. The molecule has 1 N–H and O–H groups in total. The highest BCUT2D eigenvalue weighted by molar-refractivity contribution is 5.54. The van der Waals surface area contributed by atoms with Gasteiger partial charge in [0.2, 0.25) is 0 Å². The Hall–Kier alpha value is -1.09. The molecule has 1 aliphatic rings. The molecule has 0 amide bonds. The van der Waals surface area contributed by atoms with Crippen molar-refractivity contribution in [3.8, 4) is 0 Å². The van der Waals surface area contributed by atoms with Crippen LogP contribution in [0.15, 0.2) is 18.2 Å². The number of rotatable bonds is 6. The second-order valence-corrected chi connectivity index (χ2v) is 6.82. The summed E-state index contributed by atoms with van der Waals surface area (Å²) in [4.78, 5) is 2.32. The Bertz CT molecular complexity index is 447. The van der Waals surface area contributed by atoms with Crippen LogP contribution in [0.3, 0.4) is 0 Å². The molecular weight excluding hydrogens is 251 g/mol. The van der Waals surface area contributed by atoms with Gasteiger partial charge in [0.15, 0.2) is 0 Å². The first kappa shape index (κ1) is 15.3. The van der Waals surface area contributed by atoms with Crippen molar-refractivity contribution in [2.75, 3.05) is 18.0 Å². The number of halogens is 1. The molecule has 0 atom stereocenters. The van der Waals surface area contributed by atoms with E-state index in [1.165, 1.54) is 12.8 Å². The molecule has 3 heteroatoms. The molecule has 0 bridgehead atoms. The summed E-state index contributed by atoms with van der Waals surface area (Å²) in [5.74, 6) is 0.704.